The van der Waals surface area contributed by atoms with Gasteiger partial charge >= 0.3 is 0 Å². The highest BCUT2D eigenvalue weighted by Gasteiger charge is 2.27. The predicted octanol–water partition coefficient (Wildman–Crippen LogP) is 2.29. The minimum absolute atomic E-state index is 0.184. The molecule has 3 aromatic rings. The summed E-state index contributed by atoms with van der Waals surface area (Å²) >= 11 is 0. The van der Waals surface area contributed by atoms with E-state index >= 15 is 0 Å². The zero-order chi connectivity index (χ0) is 20.2. The standard InChI is InChI=1S/C21H20N4O4/c1-27-17-8-7-16(21(25-17)28-2)20(26)24-12-14-11-13-5-3-6-15(18(13)29-14)19-22-9-4-10-23-19/h3-10,14H,11-12H2,1-2H3,(H,24,26)/t14-/m1/s1. The smallest absolute Gasteiger partial charge is 0.256 e. The third-order valence-corrected chi connectivity index (χ3v) is 4.61. The second kappa shape index (κ2) is 8.14. The van der Waals surface area contributed by atoms with Gasteiger partial charge in [0.25, 0.3) is 5.91 Å². The van der Waals surface area contributed by atoms with Crippen LogP contribution in [0.15, 0.2) is 48.8 Å². The molecule has 0 aliphatic carbocycles. The SMILES string of the molecule is COc1ccc(C(=O)NC[C@H]2Cc3cccc(-c4ncccn4)c3O2)c(OC)n1. The number of carbonyl (C=O) groups is 1. The summed E-state index contributed by atoms with van der Waals surface area (Å²) in [6, 6.07) is 10.9. The van der Waals surface area contributed by atoms with E-state index in [4.69, 9.17) is 14.2 Å². The van der Waals surface area contributed by atoms with Crippen molar-refractivity contribution in [3.8, 4) is 28.9 Å². The summed E-state index contributed by atoms with van der Waals surface area (Å²) in [7, 11) is 2.97. The van der Waals surface area contributed by atoms with Crippen LogP contribution in [0.25, 0.3) is 11.4 Å². The lowest BCUT2D eigenvalue weighted by Gasteiger charge is -2.14. The van der Waals surface area contributed by atoms with Crippen LogP contribution in [0.4, 0.5) is 0 Å². The Morgan fingerprint density at radius 2 is 1.97 bits per heavy atom. The number of carbonyl (C=O) groups excluding carboxylic acids is 1. The van der Waals surface area contributed by atoms with E-state index in [1.54, 1.807) is 30.6 Å². The molecule has 1 atom stereocenters. The number of methoxy groups -OCH3 is 2. The number of fused-ring (bicyclic) bond motifs is 1. The van der Waals surface area contributed by atoms with Crippen LogP contribution in [-0.2, 0) is 6.42 Å². The van der Waals surface area contributed by atoms with Gasteiger partial charge in [0.2, 0.25) is 11.8 Å². The van der Waals surface area contributed by atoms with Gasteiger partial charge in [0.05, 0.1) is 26.3 Å². The van der Waals surface area contributed by atoms with Crippen molar-refractivity contribution in [1.29, 1.82) is 0 Å². The average molecular weight is 392 g/mol. The highest BCUT2D eigenvalue weighted by molar-refractivity contribution is 5.96. The van der Waals surface area contributed by atoms with Crippen molar-refractivity contribution in [3.05, 3.63) is 59.9 Å². The normalized spacial score (nSPS) is 14.6. The summed E-state index contributed by atoms with van der Waals surface area (Å²) in [6.07, 6.45) is 3.90. The number of nitrogens with one attached hydrogen (secondary N) is 1. The van der Waals surface area contributed by atoms with Crippen molar-refractivity contribution in [2.45, 2.75) is 12.5 Å². The number of pyridine rings is 1. The molecule has 0 radical (unpaired) electrons. The number of para-hydroxylation sites is 1. The van der Waals surface area contributed by atoms with Gasteiger partial charge in [-0.05, 0) is 23.8 Å². The maximum Gasteiger partial charge on any atom is 0.256 e. The molecule has 0 spiro atoms. The first-order chi connectivity index (χ1) is 14.2. The molecule has 8 nitrogen and oxygen atoms in total. The first-order valence-electron chi connectivity index (χ1n) is 9.12. The third-order valence-electron chi connectivity index (χ3n) is 4.61. The average Bonchev–Trinajstić information content (AvgIpc) is 3.20. The fourth-order valence-electron chi connectivity index (χ4n) is 3.23. The van der Waals surface area contributed by atoms with Crippen LogP contribution in [0, 0.1) is 0 Å². The minimum Gasteiger partial charge on any atom is -0.487 e. The summed E-state index contributed by atoms with van der Waals surface area (Å²) in [4.78, 5) is 25.3. The van der Waals surface area contributed by atoms with Gasteiger partial charge in [-0.25, -0.2) is 9.97 Å². The molecule has 2 aromatic heterocycles. The van der Waals surface area contributed by atoms with E-state index in [2.05, 4.69) is 20.3 Å². The van der Waals surface area contributed by atoms with E-state index in [0.717, 1.165) is 16.9 Å². The van der Waals surface area contributed by atoms with Gasteiger partial charge in [0, 0.05) is 24.9 Å². The molecule has 1 N–H and O–H groups in total. The predicted molar refractivity (Wildman–Crippen MR) is 105 cm³/mol. The van der Waals surface area contributed by atoms with Crippen LogP contribution in [-0.4, -0.2) is 47.7 Å². The van der Waals surface area contributed by atoms with Crippen molar-refractivity contribution in [3.63, 3.8) is 0 Å². The Balaban J connectivity index is 1.45. The van der Waals surface area contributed by atoms with Gasteiger partial charge in [0.15, 0.2) is 5.82 Å². The number of hydrogen-bond acceptors (Lipinski definition) is 7. The summed E-state index contributed by atoms with van der Waals surface area (Å²) in [5, 5.41) is 2.89. The quantitative estimate of drug-likeness (QED) is 0.688. The van der Waals surface area contributed by atoms with Crippen LogP contribution < -0.4 is 19.5 Å². The van der Waals surface area contributed by atoms with Gasteiger partial charge in [-0.2, -0.15) is 4.98 Å². The lowest BCUT2D eigenvalue weighted by Crippen LogP contribution is -2.34. The number of rotatable bonds is 6. The summed E-state index contributed by atoms with van der Waals surface area (Å²) < 4.78 is 16.4. The molecule has 4 rings (SSSR count). The highest BCUT2D eigenvalue weighted by Crippen LogP contribution is 2.37. The van der Waals surface area contributed by atoms with E-state index in [1.807, 2.05) is 18.2 Å². The van der Waals surface area contributed by atoms with Crippen molar-refractivity contribution in [2.75, 3.05) is 20.8 Å². The van der Waals surface area contributed by atoms with Crippen LogP contribution in [0.1, 0.15) is 15.9 Å². The molecule has 148 valence electrons. The van der Waals surface area contributed by atoms with Gasteiger partial charge in [-0.3, -0.25) is 4.79 Å². The Kier molecular flexibility index (Phi) is 5.24. The molecule has 8 heteroatoms. The molecule has 1 aliphatic rings. The lowest BCUT2D eigenvalue weighted by atomic mass is 10.1. The van der Waals surface area contributed by atoms with Gasteiger partial charge in [0.1, 0.15) is 17.4 Å². The Hall–Kier alpha value is -3.68. The summed E-state index contributed by atoms with van der Waals surface area (Å²) in [6.45, 7) is 0.345. The van der Waals surface area contributed by atoms with Gasteiger partial charge < -0.3 is 19.5 Å². The Bertz CT molecular complexity index is 1030. The maximum atomic E-state index is 12.6. The third kappa shape index (κ3) is 3.82. The minimum atomic E-state index is -0.289. The second-order valence-electron chi connectivity index (χ2n) is 6.43. The molecule has 0 saturated carbocycles. The fourth-order valence-corrected chi connectivity index (χ4v) is 3.23. The van der Waals surface area contributed by atoms with Crippen molar-refractivity contribution in [2.24, 2.45) is 0 Å². The molecule has 1 aromatic carbocycles. The topological polar surface area (TPSA) is 95.5 Å². The number of nitrogens with zero attached hydrogens (tertiary/aromatic N) is 3. The zero-order valence-electron chi connectivity index (χ0n) is 16.1. The highest BCUT2D eigenvalue weighted by atomic mass is 16.5. The summed E-state index contributed by atoms with van der Waals surface area (Å²) in [5.41, 5.74) is 2.25. The number of benzene rings is 1. The van der Waals surface area contributed by atoms with Crippen molar-refractivity contribution >= 4 is 5.91 Å². The van der Waals surface area contributed by atoms with E-state index in [9.17, 15) is 4.79 Å². The molecule has 1 aliphatic heterocycles. The fraction of sp³-hybridized carbons (Fsp3) is 0.238. The van der Waals surface area contributed by atoms with Crippen LogP contribution in [0.3, 0.4) is 0 Å². The van der Waals surface area contributed by atoms with E-state index < -0.39 is 0 Å². The Labute approximate surface area is 167 Å². The first-order valence-corrected chi connectivity index (χ1v) is 9.12. The molecule has 0 unspecified atom stereocenters. The maximum absolute atomic E-state index is 12.6. The lowest BCUT2D eigenvalue weighted by molar-refractivity contribution is 0.0929. The molecular formula is C21H20N4O4. The summed E-state index contributed by atoms with van der Waals surface area (Å²) in [5.74, 6) is 1.68. The molecule has 0 fully saturated rings. The first kappa shape index (κ1) is 18.7. The molecule has 0 bridgehead atoms. The molecule has 29 heavy (non-hydrogen) atoms. The van der Waals surface area contributed by atoms with Crippen LogP contribution >= 0.6 is 0 Å². The van der Waals surface area contributed by atoms with E-state index in [0.29, 0.717) is 30.2 Å². The van der Waals surface area contributed by atoms with E-state index in [-0.39, 0.29) is 17.9 Å². The number of hydrogen-bond donors (Lipinski definition) is 1. The Morgan fingerprint density at radius 1 is 1.14 bits per heavy atom. The van der Waals surface area contributed by atoms with Crippen molar-refractivity contribution in [1.82, 2.24) is 20.3 Å². The largest absolute Gasteiger partial charge is 0.487 e. The van der Waals surface area contributed by atoms with Crippen molar-refractivity contribution < 1.29 is 19.0 Å². The van der Waals surface area contributed by atoms with Gasteiger partial charge in [-0.1, -0.05) is 12.1 Å². The van der Waals surface area contributed by atoms with Crippen LogP contribution in [0.5, 0.6) is 17.5 Å². The zero-order valence-corrected chi connectivity index (χ0v) is 16.1. The van der Waals surface area contributed by atoms with Gasteiger partial charge in [-0.15, -0.1) is 0 Å². The monoisotopic (exact) mass is 392 g/mol. The number of amides is 1. The molecule has 3 heterocycles. The molecule has 0 saturated heterocycles. The second-order valence-corrected chi connectivity index (χ2v) is 6.43. The van der Waals surface area contributed by atoms with E-state index in [1.165, 1.54) is 14.2 Å². The molecular weight excluding hydrogens is 372 g/mol. The number of aromatic nitrogens is 3. The Morgan fingerprint density at radius 3 is 2.72 bits per heavy atom. The number of ether oxygens (including phenoxy) is 3. The molecule has 1 amide bonds. The van der Waals surface area contributed by atoms with Crippen LogP contribution in [0.2, 0.25) is 0 Å².